The van der Waals surface area contributed by atoms with Gasteiger partial charge in [0.1, 0.15) is 0 Å². The fourth-order valence-corrected chi connectivity index (χ4v) is 5.25. The van der Waals surface area contributed by atoms with Crippen LogP contribution in [-0.2, 0) is 22.6 Å². The van der Waals surface area contributed by atoms with Crippen LogP contribution in [0.5, 0.6) is 0 Å². The Morgan fingerprint density at radius 3 is 2.27 bits per heavy atom. The summed E-state index contributed by atoms with van der Waals surface area (Å²) in [7, 11) is -3.79. The molecule has 0 unspecified atom stereocenters. The predicted molar refractivity (Wildman–Crippen MR) is 120 cm³/mol. The molecule has 1 N–H and O–H groups in total. The van der Waals surface area contributed by atoms with E-state index in [2.05, 4.69) is 5.32 Å². The van der Waals surface area contributed by atoms with Gasteiger partial charge in [0.05, 0.1) is 16.1 Å². The van der Waals surface area contributed by atoms with E-state index in [4.69, 9.17) is 0 Å². The van der Waals surface area contributed by atoms with Crippen LogP contribution in [0, 0.1) is 6.92 Å². The summed E-state index contributed by atoms with van der Waals surface area (Å²) in [6, 6.07) is 15.5. The van der Waals surface area contributed by atoms with Crippen LogP contribution >= 0.6 is 0 Å². The van der Waals surface area contributed by atoms with Crippen molar-refractivity contribution in [2.45, 2.75) is 30.8 Å². The lowest BCUT2D eigenvalue weighted by molar-refractivity contribution is -0.137. The maximum absolute atomic E-state index is 13.3. The molecule has 33 heavy (non-hydrogen) atoms. The lowest BCUT2D eigenvalue weighted by Crippen LogP contribution is -2.35. The maximum atomic E-state index is 13.3. The molecule has 0 aliphatic carbocycles. The predicted octanol–water partition coefficient (Wildman–Crippen LogP) is 5.41. The Morgan fingerprint density at radius 1 is 0.970 bits per heavy atom. The maximum Gasteiger partial charge on any atom is 0.416 e. The van der Waals surface area contributed by atoms with E-state index in [-0.39, 0.29) is 10.5 Å². The van der Waals surface area contributed by atoms with Gasteiger partial charge in [-0.3, -0.25) is 9.10 Å². The lowest BCUT2D eigenvalue weighted by Gasteiger charge is -2.31. The zero-order chi connectivity index (χ0) is 23.8. The number of nitrogens with one attached hydrogen (secondary N) is 1. The van der Waals surface area contributed by atoms with Crippen molar-refractivity contribution >= 4 is 27.3 Å². The number of benzene rings is 3. The van der Waals surface area contributed by atoms with E-state index in [9.17, 15) is 26.4 Å². The Bertz CT molecular complexity index is 1290. The summed E-state index contributed by atoms with van der Waals surface area (Å²) < 4.78 is 66.1. The van der Waals surface area contributed by atoms with Crippen LogP contribution in [-0.4, -0.2) is 20.9 Å². The molecule has 172 valence electrons. The van der Waals surface area contributed by atoms with Crippen molar-refractivity contribution < 1.29 is 26.4 Å². The van der Waals surface area contributed by atoms with E-state index >= 15 is 0 Å². The van der Waals surface area contributed by atoms with Gasteiger partial charge in [-0.15, -0.1) is 0 Å². The van der Waals surface area contributed by atoms with Crippen LogP contribution in [0.25, 0.3) is 0 Å². The Balaban J connectivity index is 1.60. The molecule has 0 bridgehead atoms. The van der Waals surface area contributed by atoms with Crippen molar-refractivity contribution in [2.24, 2.45) is 0 Å². The molecule has 1 aliphatic rings. The molecule has 0 aromatic heterocycles. The van der Waals surface area contributed by atoms with Crippen molar-refractivity contribution in [3.05, 3.63) is 89.0 Å². The highest BCUT2D eigenvalue weighted by molar-refractivity contribution is 7.92. The van der Waals surface area contributed by atoms with Gasteiger partial charge in [0.15, 0.2) is 0 Å². The number of halogens is 3. The van der Waals surface area contributed by atoms with Gasteiger partial charge in [0, 0.05) is 17.8 Å². The summed E-state index contributed by atoms with van der Waals surface area (Å²) in [5, 5.41) is 2.64. The Morgan fingerprint density at radius 2 is 1.64 bits per heavy atom. The molecule has 1 amide bonds. The molecule has 0 atom stereocenters. The highest BCUT2D eigenvalue weighted by atomic mass is 32.2. The molecule has 1 heterocycles. The summed E-state index contributed by atoms with van der Waals surface area (Å²) in [6.07, 6.45) is -3.13. The smallest absolute Gasteiger partial charge is 0.322 e. The van der Waals surface area contributed by atoms with Crippen molar-refractivity contribution in [2.75, 3.05) is 16.2 Å². The van der Waals surface area contributed by atoms with Crippen LogP contribution in [0.15, 0.2) is 71.6 Å². The van der Waals surface area contributed by atoms with Crippen molar-refractivity contribution in [1.29, 1.82) is 0 Å². The summed E-state index contributed by atoms with van der Waals surface area (Å²) in [5.41, 5.74) is 1.83. The van der Waals surface area contributed by atoms with Crippen LogP contribution in [0.2, 0.25) is 0 Å². The standard InChI is InChI=1S/C24H21F3N2O3S/c1-16-4-12-21(13-5-16)33(31,32)29-14-2-3-17-8-11-20(15-22(17)29)28-23(30)18-6-9-19(10-7-18)24(25,26)27/h4-13,15H,2-3,14H2,1H3,(H,28,30). The normalized spacial score (nSPS) is 14.0. The molecule has 0 saturated heterocycles. The van der Waals surface area contributed by atoms with Gasteiger partial charge in [-0.05, 0) is 73.9 Å². The number of carbonyl (C=O) groups is 1. The van der Waals surface area contributed by atoms with Crippen LogP contribution < -0.4 is 9.62 Å². The van der Waals surface area contributed by atoms with Crippen molar-refractivity contribution in [1.82, 2.24) is 0 Å². The van der Waals surface area contributed by atoms with Gasteiger partial charge in [0.2, 0.25) is 0 Å². The second-order valence-electron chi connectivity index (χ2n) is 7.87. The average Bonchev–Trinajstić information content (AvgIpc) is 2.78. The Hall–Kier alpha value is -3.33. The third-order valence-corrected chi connectivity index (χ3v) is 7.33. The number of amides is 1. The van der Waals surface area contributed by atoms with Crippen LogP contribution in [0.4, 0.5) is 24.5 Å². The fraction of sp³-hybridized carbons (Fsp3) is 0.208. The first-order valence-corrected chi connectivity index (χ1v) is 11.7. The van der Waals surface area contributed by atoms with Crippen LogP contribution in [0.3, 0.4) is 0 Å². The molecule has 0 radical (unpaired) electrons. The number of alkyl halides is 3. The molecule has 9 heteroatoms. The number of hydrogen-bond donors (Lipinski definition) is 1. The molecule has 1 aliphatic heterocycles. The molecule has 0 spiro atoms. The minimum absolute atomic E-state index is 0.0600. The lowest BCUT2D eigenvalue weighted by atomic mass is 10.0. The van der Waals surface area contributed by atoms with E-state index < -0.39 is 27.7 Å². The first-order chi connectivity index (χ1) is 15.6. The minimum atomic E-state index is -4.49. The third kappa shape index (κ3) is 4.73. The molecule has 5 nitrogen and oxygen atoms in total. The number of fused-ring (bicyclic) bond motifs is 1. The zero-order valence-corrected chi connectivity index (χ0v) is 18.5. The molecule has 3 aromatic rings. The molecule has 4 rings (SSSR count). The topological polar surface area (TPSA) is 66.5 Å². The largest absolute Gasteiger partial charge is 0.416 e. The van der Waals surface area contributed by atoms with Gasteiger partial charge in [-0.2, -0.15) is 13.2 Å². The number of nitrogens with zero attached hydrogens (tertiary/aromatic N) is 1. The van der Waals surface area contributed by atoms with Gasteiger partial charge in [-0.1, -0.05) is 23.8 Å². The monoisotopic (exact) mass is 474 g/mol. The third-order valence-electron chi connectivity index (χ3n) is 5.50. The Kier molecular flexibility index (Phi) is 5.92. The molecule has 3 aromatic carbocycles. The van der Waals surface area contributed by atoms with E-state index in [1.54, 1.807) is 42.5 Å². The highest BCUT2D eigenvalue weighted by Gasteiger charge is 2.31. The second kappa shape index (κ2) is 8.55. The first kappa shape index (κ1) is 22.8. The van der Waals surface area contributed by atoms with Gasteiger partial charge in [-0.25, -0.2) is 8.42 Å². The Labute approximate surface area is 189 Å². The SMILES string of the molecule is Cc1ccc(S(=O)(=O)N2CCCc3ccc(NC(=O)c4ccc(C(F)(F)F)cc4)cc32)cc1. The van der Waals surface area contributed by atoms with E-state index in [1.807, 2.05) is 6.92 Å². The fourth-order valence-electron chi connectivity index (χ4n) is 3.72. The van der Waals surface area contributed by atoms with Crippen molar-refractivity contribution in [3.63, 3.8) is 0 Å². The van der Waals surface area contributed by atoms with Gasteiger partial charge < -0.3 is 5.32 Å². The van der Waals surface area contributed by atoms with E-state index in [0.717, 1.165) is 35.4 Å². The highest BCUT2D eigenvalue weighted by Crippen LogP contribution is 2.34. The summed E-state index contributed by atoms with van der Waals surface area (Å²) in [6.45, 7) is 2.18. The molecular formula is C24H21F3N2O3S. The summed E-state index contributed by atoms with van der Waals surface area (Å²) in [4.78, 5) is 12.7. The molecule has 0 fully saturated rings. The van der Waals surface area contributed by atoms with Gasteiger partial charge in [0.25, 0.3) is 15.9 Å². The number of sulfonamides is 1. The molecule has 0 saturated carbocycles. The summed E-state index contributed by atoms with van der Waals surface area (Å²) >= 11 is 0. The molecular weight excluding hydrogens is 453 g/mol. The first-order valence-electron chi connectivity index (χ1n) is 10.3. The number of hydrogen-bond acceptors (Lipinski definition) is 3. The number of anilines is 2. The van der Waals surface area contributed by atoms with Crippen LogP contribution in [0.1, 0.15) is 33.5 Å². The summed E-state index contributed by atoms with van der Waals surface area (Å²) in [5.74, 6) is -0.590. The van der Waals surface area contributed by atoms with Gasteiger partial charge >= 0.3 is 6.18 Å². The number of aryl methyl sites for hydroxylation is 2. The quantitative estimate of drug-likeness (QED) is 0.550. The number of rotatable bonds is 4. The zero-order valence-electron chi connectivity index (χ0n) is 17.7. The average molecular weight is 475 g/mol. The minimum Gasteiger partial charge on any atom is -0.322 e. The number of carbonyl (C=O) groups excluding carboxylic acids is 1. The van der Waals surface area contributed by atoms with E-state index in [1.165, 1.54) is 4.31 Å². The second-order valence-corrected chi connectivity index (χ2v) is 9.73. The van der Waals surface area contributed by atoms with Crippen molar-refractivity contribution in [3.8, 4) is 0 Å². The van der Waals surface area contributed by atoms with E-state index in [0.29, 0.717) is 30.8 Å².